The SMILES string of the molecule is [CH2]CCCCCN(c1ccc(OC)cc1)C(c1ccccc1)c1ccccc1. The first-order valence-corrected chi connectivity index (χ1v) is 10.1. The number of anilines is 1. The summed E-state index contributed by atoms with van der Waals surface area (Å²) in [5, 5.41) is 0. The Morgan fingerprint density at radius 3 is 1.82 bits per heavy atom. The van der Waals surface area contributed by atoms with Crippen molar-refractivity contribution in [2.24, 2.45) is 0 Å². The first-order valence-electron chi connectivity index (χ1n) is 10.1. The van der Waals surface area contributed by atoms with Gasteiger partial charge in [0.25, 0.3) is 0 Å². The number of rotatable bonds is 10. The highest BCUT2D eigenvalue weighted by Crippen LogP contribution is 2.34. The number of unbranched alkanes of at least 4 members (excludes halogenated alkanes) is 3. The smallest absolute Gasteiger partial charge is 0.119 e. The van der Waals surface area contributed by atoms with E-state index in [-0.39, 0.29) is 6.04 Å². The van der Waals surface area contributed by atoms with Crippen LogP contribution >= 0.6 is 0 Å². The van der Waals surface area contributed by atoms with Crippen LogP contribution in [0.5, 0.6) is 5.75 Å². The van der Waals surface area contributed by atoms with Crippen LogP contribution in [0.2, 0.25) is 0 Å². The van der Waals surface area contributed by atoms with E-state index in [1.807, 2.05) is 12.1 Å². The van der Waals surface area contributed by atoms with Crippen molar-refractivity contribution in [1.82, 2.24) is 0 Å². The molecule has 0 aliphatic rings. The third-order valence-corrected chi connectivity index (χ3v) is 5.10. The lowest BCUT2D eigenvalue weighted by Crippen LogP contribution is -2.30. The van der Waals surface area contributed by atoms with E-state index in [4.69, 9.17) is 4.74 Å². The summed E-state index contributed by atoms with van der Waals surface area (Å²) < 4.78 is 5.37. The van der Waals surface area contributed by atoms with Gasteiger partial charge in [0.05, 0.1) is 13.2 Å². The van der Waals surface area contributed by atoms with Crippen molar-refractivity contribution in [2.75, 3.05) is 18.6 Å². The highest BCUT2D eigenvalue weighted by Gasteiger charge is 2.22. The molecule has 0 spiro atoms. The number of benzene rings is 3. The number of nitrogens with zero attached hydrogens (tertiary/aromatic N) is 1. The van der Waals surface area contributed by atoms with Gasteiger partial charge in [-0.25, -0.2) is 0 Å². The second-order valence-corrected chi connectivity index (χ2v) is 7.03. The molecule has 0 bridgehead atoms. The molecular formula is C26H30NO. The molecule has 0 atom stereocenters. The fourth-order valence-electron chi connectivity index (χ4n) is 3.64. The van der Waals surface area contributed by atoms with Gasteiger partial charge < -0.3 is 9.64 Å². The monoisotopic (exact) mass is 372 g/mol. The van der Waals surface area contributed by atoms with Gasteiger partial charge in [0.15, 0.2) is 0 Å². The van der Waals surface area contributed by atoms with Gasteiger partial charge in [0.1, 0.15) is 5.75 Å². The summed E-state index contributed by atoms with van der Waals surface area (Å²) in [6, 6.07) is 30.2. The van der Waals surface area contributed by atoms with Gasteiger partial charge >= 0.3 is 0 Å². The minimum Gasteiger partial charge on any atom is -0.497 e. The van der Waals surface area contributed by atoms with Crippen molar-refractivity contribution in [3.8, 4) is 5.75 Å². The third-order valence-electron chi connectivity index (χ3n) is 5.10. The first kappa shape index (κ1) is 20.0. The maximum absolute atomic E-state index is 5.37. The maximum Gasteiger partial charge on any atom is 0.119 e. The van der Waals surface area contributed by atoms with Gasteiger partial charge in [-0.2, -0.15) is 0 Å². The van der Waals surface area contributed by atoms with E-state index < -0.39 is 0 Å². The highest BCUT2D eigenvalue weighted by atomic mass is 16.5. The Balaban J connectivity index is 1.99. The maximum atomic E-state index is 5.37. The lowest BCUT2D eigenvalue weighted by Gasteiger charge is -2.35. The fraction of sp³-hybridized carbons (Fsp3) is 0.269. The molecule has 145 valence electrons. The van der Waals surface area contributed by atoms with E-state index >= 15 is 0 Å². The predicted octanol–water partition coefficient (Wildman–Crippen LogP) is 6.69. The van der Waals surface area contributed by atoms with Crippen LogP contribution in [0.25, 0.3) is 0 Å². The molecule has 3 aromatic rings. The summed E-state index contributed by atoms with van der Waals surface area (Å²) >= 11 is 0. The molecule has 3 aromatic carbocycles. The van der Waals surface area contributed by atoms with Gasteiger partial charge in [-0.3, -0.25) is 0 Å². The molecule has 2 nitrogen and oxygen atoms in total. The second kappa shape index (κ2) is 10.6. The molecule has 0 saturated heterocycles. The van der Waals surface area contributed by atoms with Crippen LogP contribution in [0.4, 0.5) is 5.69 Å². The third kappa shape index (κ3) is 5.16. The highest BCUT2D eigenvalue weighted by molar-refractivity contribution is 5.54. The van der Waals surface area contributed by atoms with Crippen molar-refractivity contribution >= 4 is 5.69 Å². The van der Waals surface area contributed by atoms with Crippen LogP contribution in [0, 0.1) is 6.92 Å². The lowest BCUT2D eigenvalue weighted by molar-refractivity contribution is 0.415. The minimum absolute atomic E-state index is 0.176. The fourth-order valence-corrected chi connectivity index (χ4v) is 3.64. The van der Waals surface area contributed by atoms with E-state index in [0.717, 1.165) is 25.1 Å². The number of methoxy groups -OCH3 is 1. The van der Waals surface area contributed by atoms with Crippen LogP contribution in [-0.4, -0.2) is 13.7 Å². The van der Waals surface area contributed by atoms with Gasteiger partial charge in [0, 0.05) is 12.2 Å². The van der Waals surface area contributed by atoms with Gasteiger partial charge in [0.2, 0.25) is 0 Å². The van der Waals surface area contributed by atoms with Crippen LogP contribution in [0.3, 0.4) is 0 Å². The zero-order valence-corrected chi connectivity index (χ0v) is 16.8. The molecule has 3 rings (SSSR count). The molecule has 0 N–H and O–H groups in total. The molecule has 0 heterocycles. The predicted molar refractivity (Wildman–Crippen MR) is 119 cm³/mol. The Kier molecular flexibility index (Phi) is 7.54. The topological polar surface area (TPSA) is 12.5 Å². The normalized spacial score (nSPS) is 10.8. The lowest BCUT2D eigenvalue weighted by atomic mass is 9.96. The molecule has 28 heavy (non-hydrogen) atoms. The summed E-state index contributed by atoms with van der Waals surface area (Å²) in [6.45, 7) is 4.98. The summed E-state index contributed by atoms with van der Waals surface area (Å²) in [5.74, 6) is 0.886. The number of hydrogen-bond acceptors (Lipinski definition) is 2. The number of ether oxygens (including phenoxy) is 1. The Bertz CT molecular complexity index is 759. The van der Waals surface area contributed by atoms with E-state index in [2.05, 4.69) is 84.6 Å². The molecular weight excluding hydrogens is 342 g/mol. The molecule has 0 unspecified atom stereocenters. The van der Waals surface area contributed by atoms with Crippen LogP contribution in [-0.2, 0) is 0 Å². The average Bonchev–Trinajstić information content (AvgIpc) is 2.77. The quantitative estimate of drug-likeness (QED) is 0.368. The van der Waals surface area contributed by atoms with Crippen LogP contribution in [0.15, 0.2) is 84.9 Å². The van der Waals surface area contributed by atoms with Crippen molar-refractivity contribution in [1.29, 1.82) is 0 Å². The first-order chi connectivity index (χ1) is 13.8. The van der Waals surface area contributed by atoms with E-state index in [0.29, 0.717) is 0 Å². The molecule has 0 aromatic heterocycles. The summed E-state index contributed by atoms with van der Waals surface area (Å²) in [6.07, 6.45) is 4.53. The second-order valence-electron chi connectivity index (χ2n) is 7.03. The molecule has 0 saturated carbocycles. The Morgan fingerprint density at radius 2 is 1.32 bits per heavy atom. The van der Waals surface area contributed by atoms with E-state index in [1.54, 1.807) is 7.11 Å². The number of hydrogen-bond donors (Lipinski definition) is 0. The van der Waals surface area contributed by atoms with Gasteiger partial charge in [-0.15, -0.1) is 0 Å². The Hall–Kier alpha value is -2.74. The van der Waals surface area contributed by atoms with Crippen molar-refractivity contribution in [3.63, 3.8) is 0 Å². The van der Waals surface area contributed by atoms with Crippen molar-refractivity contribution < 1.29 is 4.74 Å². The molecule has 2 heteroatoms. The molecule has 0 fully saturated rings. The average molecular weight is 373 g/mol. The van der Waals surface area contributed by atoms with Gasteiger partial charge in [-0.1, -0.05) is 86.8 Å². The summed E-state index contributed by atoms with van der Waals surface area (Å²) in [4.78, 5) is 2.52. The standard InChI is InChI=1S/C26H30NO/c1-3-4-5-12-21-27(24-17-19-25(28-2)20-18-24)26(22-13-8-6-9-14-22)23-15-10-7-11-16-23/h6-11,13-20,26H,1,3-5,12,21H2,2H3. The van der Waals surface area contributed by atoms with E-state index in [9.17, 15) is 0 Å². The molecule has 1 radical (unpaired) electrons. The molecule has 0 aliphatic carbocycles. The van der Waals surface area contributed by atoms with Crippen LogP contribution in [0.1, 0.15) is 42.9 Å². The van der Waals surface area contributed by atoms with Crippen LogP contribution < -0.4 is 9.64 Å². The summed E-state index contributed by atoms with van der Waals surface area (Å²) in [5.41, 5.74) is 3.83. The molecule has 0 aliphatic heterocycles. The Morgan fingerprint density at radius 1 is 0.750 bits per heavy atom. The van der Waals surface area contributed by atoms with Crippen molar-refractivity contribution in [3.05, 3.63) is 103 Å². The van der Waals surface area contributed by atoms with Crippen molar-refractivity contribution in [2.45, 2.75) is 31.7 Å². The molecule has 0 amide bonds. The Labute approximate surface area is 169 Å². The largest absolute Gasteiger partial charge is 0.497 e. The zero-order valence-electron chi connectivity index (χ0n) is 16.8. The summed E-state index contributed by atoms with van der Waals surface area (Å²) in [7, 11) is 1.71. The van der Waals surface area contributed by atoms with Gasteiger partial charge in [-0.05, 0) is 41.8 Å². The van der Waals surface area contributed by atoms with E-state index in [1.165, 1.54) is 29.7 Å². The zero-order chi connectivity index (χ0) is 19.6. The minimum atomic E-state index is 0.176.